The van der Waals surface area contributed by atoms with E-state index in [9.17, 15) is 9.90 Å². The smallest absolute Gasteiger partial charge is 0.273 e. The average molecular weight is 247 g/mol. The summed E-state index contributed by atoms with van der Waals surface area (Å²) < 4.78 is 1.65. The van der Waals surface area contributed by atoms with Crippen molar-refractivity contribution in [3.8, 4) is 5.75 Å². The molecule has 0 radical (unpaired) electrons. The lowest BCUT2D eigenvalue weighted by atomic mass is 10.3. The predicted molar refractivity (Wildman–Crippen MR) is 68.7 cm³/mol. The first-order valence-electron chi connectivity index (χ1n) is 6.05. The van der Waals surface area contributed by atoms with Crippen LogP contribution in [0, 0.1) is 0 Å². The van der Waals surface area contributed by atoms with Gasteiger partial charge in [-0.2, -0.15) is 0 Å². The first-order chi connectivity index (χ1) is 8.63. The molecule has 1 N–H and O–H groups in total. The number of unbranched alkanes of at least 4 members (excludes halogenated alkanes) is 1. The lowest BCUT2D eigenvalue weighted by Gasteiger charge is -2.14. The Bertz CT molecular complexity index is 562. The number of carbonyl (C=O) groups excluding carboxylic acids is 1. The molecule has 2 heterocycles. The Morgan fingerprint density at radius 1 is 1.56 bits per heavy atom. The molecule has 96 valence electrons. The second kappa shape index (κ2) is 5.08. The summed E-state index contributed by atoms with van der Waals surface area (Å²) in [4.78, 5) is 17.9. The fraction of sp³-hybridized carbons (Fsp3) is 0.385. The summed E-state index contributed by atoms with van der Waals surface area (Å²) in [6.45, 7) is 2.80. The van der Waals surface area contributed by atoms with Crippen molar-refractivity contribution < 1.29 is 9.90 Å². The van der Waals surface area contributed by atoms with Crippen molar-refractivity contribution in [2.75, 3.05) is 13.6 Å². The van der Waals surface area contributed by atoms with Crippen molar-refractivity contribution in [2.24, 2.45) is 0 Å². The molecule has 5 heteroatoms. The van der Waals surface area contributed by atoms with Gasteiger partial charge in [0.1, 0.15) is 5.69 Å². The first kappa shape index (κ1) is 12.4. The number of imidazole rings is 1. The van der Waals surface area contributed by atoms with Crippen LogP contribution in [-0.2, 0) is 0 Å². The Kier molecular flexibility index (Phi) is 3.50. The molecule has 2 aromatic rings. The Hall–Kier alpha value is -2.04. The van der Waals surface area contributed by atoms with Crippen LogP contribution in [0.5, 0.6) is 5.75 Å². The van der Waals surface area contributed by atoms with Gasteiger partial charge in [0.25, 0.3) is 5.91 Å². The van der Waals surface area contributed by atoms with Crippen LogP contribution in [0.15, 0.2) is 24.5 Å². The van der Waals surface area contributed by atoms with E-state index in [0.29, 0.717) is 11.3 Å². The third-order valence-corrected chi connectivity index (χ3v) is 2.88. The van der Waals surface area contributed by atoms with E-state index in [1.807, 2.05) is 0 Å². The summed E-state index contributed by atoms with van der Waals surface area (Å²) in [6.07, 6.45) is 5.41. The minimum absolute atomic E-state index is 0.0766. The molecule has 0 aliphatic rings. The number of rotatable bonds is 4. The molecule has 0 spiro atoms. The van der Waals surface area contributed by atoms with Crippen molar-refractivity contribution in [3.63, 3.8) is 0 Å². The SMILES string of the molecule is CCCCN(C)C(=O)c1cn2cccc(O)c2n1. The van der Waals surface area contributed by atoms with Crippen molar-refractivity contribution in [2.45, 2.75) is 19.8 Å². The Labute approximate surface area is 106 Å². The quantitative estimate of drug-likeness (QED) is 0.897. The number of pyridine rings is 1. The Morgan fingerprint density at radius 2 is 2.33 bits per heavy atom. The second-order valence-corrected chi connectivity index (χ2v) is 4.33. The zero-order valence-electron chi connectivity index (χ0n) is 10.6. The van der Waals surface area contributed by atoms with Gasteiger partial charge in [0.05, 0.1) is 0 Å². The van der Waals surface area contributed by atoms with Gasteiger partial charge in [-0.05, 0) is 18.6 Å². The van der Waals surface area contributed by atoms with Crippen LogP contribution in [0.1, 0.15) is 30.3 Å². The molecule has 0 aliphatic heterocycles. The first-order valence-corrected chi connectivity index (χ1v) is 6.05. The van der Waals surface area contributed by atoms with E-state index in [2.05, 4.69) is 11.9 Å². The normalized spacial score (nSPS) is 10.8. The number of nitrogens with zero attached hydrogens (tertiary/aromatic N) is 3. The van der Waals surface area contributed by atoms with Crippen molar-refractivity contribution in [1.82, 2.24) is 14.3 Å². The minimum atomic E-state index is -0.119. The molecule has 0 saturated carbocycles. The summed E-state index contributed by atoms with van der Waals surface area (Å²) in [5, 5.41) is 9.64. The second-order valence-electron chi connectivity index (χ2n) is 4.33. The molecular formula is C13H17N3O2. The molecule has 18 heavy (non-hydrogen) atoms. The number of hydrogen-bond donors (Lipinski definition) is 1. The molecule has 1 amide bonds. The standard InChI is InChI=1S/C13H17N3O2/c1-3-4-7-15(2)13(18)10-9-16-8-5-6-11(17)12(16)14-10/h5-6,8-9,17H,3-4,7H2,1-2H3. The molecule has 5 nitrogen and oxygen atoms in total. The lowest BCUT2D eigenvalue weighted by Crippen LogP contribution is -2.27. The number of hydrogen-bond acceptors (Lipinski definition) is 3. The highest BCUT2D eigenvalue weighted by Gasteiger charge is 2.16. The van der Waals surface area contributed by atoms with Crippen LogP contribution in [0.3, 0.4) is 0 Å². The van der Waals surface area contributed by atoms with Gasteiger partial charge in [-0.3, -0.25) is 4.79 Å². The summed E-state index contributed by atoms with van der Waals surface area (Å²) in [5.74, 6) is -0.0423. The van der Waals surface area contributed by atoms with E-state index < -0.39 is 0 Å². The van der Waals surface area contributed by atoms with E-state index in [1.54, 1.807) is 40.9 Å². The monoisotopic (exact) mass is 247 g/mol. The topological polar surface area (TPSA) is 57.8 Å². The van der Waals surface area contributed by atoms with Crippen LogP contribution in [0.4, 0.5) is 0 Å². The summed E-state index contributed by atoms with van der Waals surface area (Å²) in [5.41, 5.74) is 0.764. The molecule has 0 atom stereocenters. The van der Waals surface area contributed by atoms with Crippen LogP contribution >= 0.6 is 0 Å². The van der Waals surface area contributed by atoms with Crippen molar-refractivity contribution in [1.29, 1.82) is 0 Å². The molecule has 0 unspecified atom stereocenters. The highest BCUT2D eigenvalue weighted by Crippen LogP contribution is 2.17. The number of fused-ring (bicyclic) bond motifs is 1. The third kappa shape index (κ3) is 2.30. The maximum atomic E-state index is 12.1. The van der Waals surface area contributed by atoms with Gasteiger partial charge >= 0.3 is 0 Å². The molecule has 0 saturated heterocycles. The largest absolute Gasteiger partial charge is 0.504 e. The van der Waals surface area contributed by atoms with Gasteiger partial charge < -0.3 is 14.4 Å². The van der Waals surface area contributed by atoms with Crippen LogP contribution in [0.2, 0.25) is 0 Å². The van der Waals surface area contributed by atoms with Crippen LogP contribution in [0.25, 0.3) is 5.65 Å². The van der Waals surface area contributed by atoms with Gasteiger partial charge in [0.2, 0.25) is 0 Å². The summed E-state index contributed by atoms with van der Waals surface area (Å²) >= 11 is 0. The third-order valence-electron chi connectivity index (χ3n) is 2.88. The van der Waals surface area contributed by atoms with Crippen molar-refractivity contribution in [3.05, 3.63) is 30.2 Å². The lowest BCUT2D eigenvalue weighted by molar-refractivity contribution is 0.0788. The number of amides is 1. The molecule has 0 aromatic carbocycles. The number of carbonyl (C=O) groups is 1. The van der Waals surface area contributed by atoms with Crippen LogP contribution < -0.4 is 0 Å². The maximum absolute atomic E-state index is 12.1. The maximum Gasteiger partial charge on any atom is 0.273 e. The van der Waals surface area contributed by atoms with Gasteiger partial charge in [-0.1, -0.05) is 13.3 Å². The molecule has 0 bridgehead atoms. The van der Waals surface area contributed by atoms with Gasteiger partial charge in [0, 0.05) is 26.0 Å². The molecule has 0 aliphatic carbocycles. The molecule has 2 rings (SSSR count). The fourth-order valence-corrected chi connectivity index (χ4v) is 1.79. The van der Waals surface area contributed by atoms with Gasteiger partial charge in [-0.15, -0.1) is 0 Å². The van der Waals surface area contributed by atoms with E-state index in [-0.39, 0.29) is 11.7 Å². The molecular weight excluding hydrogens is 230 g/mol. The highest BCUT2D eigenvalue weighted by atomic mass is 16.3. The van der Waals surface area contributed by atoms with E-state index in [0.717, 1.165) is 19.4 Å². The zero-order chi connectivity index (χ0) is 13.1. The summed E-state index contributed by atoms with van der Waals surface area (Å²) in [6, 6.07) is 3.26. The number of aromatic hydroxyl groups is 1. The summed E-state index contributed by atoms with van der Waals surface area (Å²) in [7, 11) is 1.77. The van der Waals surface area contributed by atoms with Crippen LogP contribution in [-0.4, -0.2) is 38.9 Å². The predicted octanol–water partition coefficient (Wildman–Crippen LogP) is 1.91. The van der Waals surface area contributed by atoms with E-state index >= 15 is 0 Å². The zero-order valence-corrected chi connectivity index (χ0v) is 10.6. The number of aromatic nitrogens is 2. The van der Waals surface area contributed by atoms with E-state index in [1.165, 1.54) is 0 Å². The Morgan fingerprint density at radius 3 is 3.00 bits per heavy atom. The minimum Gasteiger partial charge on any atom is -0.504 e. The van der Waals surface area contributed by atoms with Gasteiger partial charge in [0.15, 0.2) is 11.4 Å². The Balaban J connectivity index is 2.25. The molecule has 2 aromatic heterocycles. The molecule has 0 fully saturated rings. The van der Waals surface area contributed by atoms with Gasteiger partial charge in [-0.25, -0.2) is 4.98 Å². The average Bonchev–Trinajstić information content (AvgIpc) is 2.80. The highest BCUT2D eigenvalue weighted by molar-refractivity contribution is 5.93. The van der Waals surface area contributed by atoms with Crippen molar-refractivity contribution >= 4 is 11.6 Å². The van der Waals surface area contributed by atoms with E-state index in [4.69, 9.17) is 0 Å². The fourth-order valence-electron chi connectivity index (χ4n) is 1.79.